The fourth-order valence-corrected chi connectivity index (χ4v) is 1.19. The van der Waals surface area contributed by atoms with Gasteiger partial charge in [-0.2, -0.15) is 0 Å². The minimum Gasteiger partial charge on any atom is -0.459 e. The maximum absolute atomic E-state index is 11.4. The van der Waals surface area contributed by atoms with E-state index < -0.39 is 36.1 Å². The number of carbonyl (C=O) groups excluding carboxylic acids is 4. The normalized spacial score (nSPS) is 12.6. The zero-order chi connectivity index (χ0) is 18.5. The summed E-state index contributed by atoms with van der Waals surface area (Å²) in [4.78, 5) is 44.5. The van der Waals surface area contributed by atoms with Gasteiger partial charge in [0, 0.05) is 24.3 Å². The molecule has 0 bridgehead atoms. The molecule has 0 radical (unpaired) electrons. The van der Waals surface area contributed by atoms with Crippen LogP contribution in [0, 0.1) is 0 Å². The highest BCUT2D eigenvalue weighted by molar-refractivity contribution is 5.91. The highest BCUT2D eigenvalue weighted by atomic mass is 16.6. The highest BCUT2D eigenvalue weighted by Gasteiger charge is 2.11. The Kier molecular flexibility index (Phi) is 10.2. The van der Waals surface area contributed by atoms with Crippen LogP contribution in [0.15, 0.2) is 37.5 Å². The van der Waals surface area contributed by atoms with Crippen molar-refractivity contribution in [1.82, 2.24) is 0 Å². The van der Waals surface area contributed by atoms with Crippen LogP contribution in [-0.2, 0) is 38.1 Å². The van der Waals surface area contributed by atoms with Crippen molar-refractivity contribution >= 4 is 23.9 Å². The van der Waals surface area contributed by atoms with Gasteiger partial charge in [-0.1, -0.05) is 13.2 Å². The van der Waals surface area contributed by atoms with Crippen LogP contribution in [-0.4, -0.2) is 49.3 Å². The second-order valence-corrected chi connectivity index (χ2v) is 4.50. The summed E-state index contributed by atoms with van der Waals surface area (Å²) in [5.41, 5.74) is 0. The Labute approximate surface area is 139 Å². The largest absolute Gasteiger partial charge is 0.459 e. The van der Waals surface area contributed by atoms with Gasteiger partial charge in [-0.3, -0.25) is 0 Å². The van der Waals surface area contributed by atoms with Gasteiger partial charge in [0.2, 0.25) is 0 Å². The minimum absolute atomic E-state index is 0.174. The van der Waals surface area contributed by atoms with Crippen LogP contribution in [0.3, 0.4) is 0 Å². The van der Waals surface area contributed by atoms with E-state index in [0.29, 0.717) is 0 Å². The van der Waals surface area contributed by atoms with Crippen molar-refractivity contribution in [2.45, 2.75) is 26.1 Å². The summed E-state index contributed by atoms with van der Waals surface area (Å²) in [5.74, 6) is -2.88. The Bertz CT molecular complexity index is 474. The van der Waals surface area contributed by atoms with E-state index in [0.717, 1.165) is 24.3 Å². The third-order valence-electron chi connectivity index (χ3n) is 2.24. The molecule has 0 heterocycles. The van der Waals surface area contributed by atoms with Gasteiger partial charge in [-0.15, -0.1) is 0 Å². The van der Waals surface area contributed by atoms with Crippen LogP contribution in [0.1, 0.15) is 13.8 Å². The van der Waals surface area contributed by atoms with Gasteiger partial charge in [0.05, 0.1) is 0 Å². The summed E-state index contributed by atoms with van der Waals surface area (Å²) in [7, 11) is 0. The van der Waals surface area contributed by atoms with E-state index >= 15 is 0 Å². The molecule has 0 aromatic heterocycles. The molecule has 0 rings (SSSR count). The standard InChI is InChI=1S/C16H20O8/c1-5-13(17)23-11(3)9-21-15(19)7-8-16(20)22-10-12(4)24-14(18)6-2/h5-8,11-12H,1-2,9-10H2,3-4H3. The van der Waals surface area contributed by atoms with E-state index in [9.17, 15) is 19.2 Å². The Morgan fingerprint density at radius 2 is 1.08 bits per heavy atom. The van der Waals surface area contributed by atoms with Crippen LogP contribution in [0.5, 0.6) is 0 Å². The quantitative estimate of drug-likeness (QED) is 0.328. The lowest BCUT2D eigenvalue weighted by molar-refractivity contribution is -0.152. The fourth-order valence-electron chi connectivity index (χ4n) is 1.19. The Balaban J connectivity index is 4.06. The SMILES string of the molecule is C=CC(=O)OC(C)COC(=O)C=CC(=O)OCC(C)OC(=O)C=C. The van der Waals surface area contributed by atoms with Crippen molar-refractivity contribution in [2.75, 3.05) is 13.2 Å². The van der Waals surface area contributed by atoms with Gasteiger partial charge in [0.25, 0.3) is 0 Å². The summed E-state index contributed by atoms with van der Waals surface area (Å²) < 4.78 is 19.1. The van der Waals surface area contributed by atoms with Gasteiger partial charge < -0.3 is 18.9 Å². The summed E-state index contributed by atoms with van der Waals surface area (Å²) in [6, 6.07) is 0. The molecule has 0 aromatic carbocycles. The maximum Gasteiger partial charge on any atom is 0.331 e. The van der Waals surface area contributed by atoms with E-state index in [1.54, 1.807) is 0 Å². The lowest BCUT2D eigenvalue weighted by Gasteiger charge is -2.11. The Hall–Kier alpha value is -2.90. The van der Waals surface area contributed by atoms with Crippen molar-refractivity contribution in [1.29, 1.82) is 0 Å². The first kappa shape index (κ1) is 21.1. The fraction of sp³-hybridized carbons (Fsp3) is 0.375. The van der Waals surface area contributed by atoms with Crippen LogP contribution < -0.4 is 0 Å². The average molecular weight is 340 g/mol. The summed E-state index contributed by atoms with van der Waals surface area (Å²) in [6.45, 7) is 9.17. The molecule has 0 saturated heterocycles. The average Bonchev–Trinajstić information content (AvgIpc) is 2.55. The number of esters is 4. The predicted molar refractivity (Wildman–Crippen MR) is 82.6 cm³/mol. The molecule has 0 aliphatic heterocycles. The number of ether oxygens (including phenoxy) is 4. The van der Waals surface area contributed by atoms with Crippen LogP contribution >= 0.6 is 0 Å². The van der Waals surface area contributed by atoms with E-state index in [-0.39, 0.29) is 13.2 Å². The molecule has 8 nitrogen and oxygen atoms in total. The van der Waals surface area contributed by atoms with Crippen molar-refractivity contribution in [2.24, 2.45) is 0 Å². The number of carbonyl (C=O) groups is 4. The van der Waals surface area contributed by atoms with E-state index in [2.05, 4.69) is 13.2 Å². The van der Waals surface area contributed by atoms with Crippen molar-refractivity contribution in [3.8, 4) is 0 Å². The van der Waals surface area contributed by atoms with Crippen LogP contribution in [0.2, 0.25) is 0 Å². The molecular formula is C16H20O8. The number of hydrogen-bond acceptors (Lipinski definition) is 8. The molecule has 0 aliphatic carbocycles. The van der Waals surface area contributed by atoms with Gasteiger partial charge in [0.15, 0.2) is 0 Å². The van der Waals surface area contributed by atoms with Crippen LogP contribution in [0.4, 0.5) is 0 Å². The summed E-state index contributed by atoms with van der Waals surface area (Å²) in [5, 5.41) is 0. The van der Waals surface area contributed by atoms with Gasteiger partial charge in [-0.25, -0.2) is 19.2 Å². The third-order valence-corrected chi connectivity index (χ3v) is 2.24. The molecule has 24 heavy (non-hydrogen) atoms. The zero-order valence-corrected chi connectivity index (χ0v) is 13.6. The molecule has 0 aromatic rings. The Morgan fingerprint density at radius 1 is 0.750 bits per heavy atom. The second-order valence-electron chi connectivity index (χ2n) is 4.50. The Morgan fingerprint density at radius 3 is 1.38 bits per heavy atom. The molecule has 8 heteroatoms. The highest BCUT2D eigenvalue weighted by Crippen LogP contribution is 1.97. The molecule has 0 spiro atoms. The lowest BCUT2D eigenvalue weighted by atomic mass is 10.4. The summed E-state index contributed by atoms with van der Waals surface area (Å²) in [6.07, 6.45) is 2.40. The van der Waals surface area contributed by atoms with Crippen molar-refractivity contribution in [3.05, 3.63) is 37.5 Å². The number of hydrogen-bond donors (Lipinski definition) is 0. The van der Waals surface area contributed by atoms with Crippen molar-refractivity contribution in [3.63, 3.8) is 0 Å². The topological polar surface area (TPSA) is 105 Å². The lowest BCUT2D eigenvalue weighted by Crippen LogP contribution is -2.21. The molecule has 0 fully saturated rings. The van der Waals surface area contributed by atoms with E-state index in [1.165, 1.54) is 13.8 Å². The molecule has 0 N–H and O–H groups in total. The smallest absolute Gasteiger partial charge is 0.331 e. The zero-order valence-electron chi connectivity index (χ0n) is 13.6. The summed E-state index contributed by atoms with van der Waals surface area (Å²) >= 11 is 0. The van der Waals surface area contributed by atoms with Gasteiger partial charge in [0.1, 0.15) is 25.4 Å². The molecule has 2 atom stereocenters. The molecule has 132 valence electrons. The van der Waals surface area contributed by atoms with Crippen LogP contribution in [0.25, 0.3) is 0 Å². The monoisotopic (exact) mass is 340 g/mol. The molecule has 2 unspecified atom stereocenters. The second kappa shape index (κ2) is 11.6. The predicted octanol–water partition coefficient (Wildman–Crippen LogP) is 0.864. The molecule has 0 amide bonds. The molecule has 0 aliphatic rings. The van der Waals surface area contributed by atoms with Gasteiger partial charge in [-0.05, 0) is 13.8 Å². The number of rotatable bonds is 10. The van der Waals surface area contributed by atoms with Crippen molar-refractivity contribution < 1.29 is 38.1 Å². The first-order chi connectivity index (χ1) is 11.3. The molecular weight excluding hydrogens is 320 g/mol. The maximum atomic E-state index is 11.4. The molecule has 0 saturated carbocycles. The van der Waals surface area contributed by atoms with E-state index in [1.807, 2.05) is 0 Å². The van der Waals surface area contributed by atoms with Gasteiger partial charge >= 0.3 is 23.9 Å². The van der Waals surface area contributed by atoms with E-state index in [4.69, 9.17) is 18.9 Å². The first-order valence-corrected chi connectivity index (χ1v) is 6.96. The third kappa shape index (κ3) is 10.8. The first-order valence-electron chi connectivity index (χ1n) is 6.96. The minimum atomic E-state index is -0.806.